The van der Waals surface area contributed by atoms with Gasteiger partial charge in [-0.2, -0.15) is 0 Å². The van der Waals surface area contributed by atoms with Crippen molar-refractivity contribution in [2.75, 3.05) is 17.7 Å². The molecule has 0 aliphatic heterocycles. The Morgan fingerprint density at radius 3 is 2.46 bits per heavy atom. The van der Waals surface area contributed by atoms with Crippen LogP contribution in [0.2, 0.25) is 0 Å². The highest BCUT2D eigenvalue weighted by Gasteiger charge is 2.25. The summed E-state index contributed by atoms with van der Waals surface area (Å²) in [6.07, 6.45) is 0.365. The number of nitrogens with zero attached hydrogens (tertiary/aromatic N) is 2. The van der Waals surface area contributed by atoms with Gasteiger partial charge < -0.3 is 10.1 Å². The second-order valence-corrected chi connectivity index (χ2v) is 8.54. The van der Waals surface area contributed by atoms with Crippen molar-refractivity contribution in [1.29, 1.82) is 0 Å². The van der Waals surface area contributed by atoms with Gasteiger partial charge in [-0.05, 0) is 18.8 Å². The van der Waals surface area contributed by atoms with Crippen LogP contribution in [-0.4, -0.2) is 46.4 Å². The lowest BCUT2D eigenvalue weighted by molar-refractivity contribution is -0.139. The van der Waals surface area contributed by atoms with Crippen molar-refractivity contribution in [1.82, 2.24) is 15.5 Å². The predicted octanol–water partition coefficient (Wildman–Crippen LogP) is 2.32. The molecule has 0 aliphatic carbocycles. The normalized spacial score (nSPS) is 12.1. The molecular weight excluding hydrogens is 376 g/mol. The quantitative estimate of drug-likeness (QED) is 0.351. The molecular formula is C16H26N4O4S2. The summed E-state index contributed by atoms with van der Waals surface area (Å²) in [5.41, 5.74) is 0. The number of amides is 2. The van der Waals surface area contributed by atoms with Crippen molar-refractivity contribution in [2.45, 2.75) is 51.4 Å². The molecule has 10 heteroatoms. The van der Waals surface area contributed by atoms with Gasteiger partial charge in [-0.15, -0.1) is 10.2 Å². The average Bonchev–Trinajstić information content (AvgIpc) is 2.97. The van der Waals surface area contributed by atoms with Gasteiger partial charge in [0.15, 0.2) is 4.34 Å². The van der Waals surface area contributed by atoms with Gasteiger partial charge in [-0.25, -0.2) is 0 Å². The number of carbonyl (C=O) groups excluding carboxylic acids is 3. The topological polar surface area (TPSA) is 110 Å². The minimum atomic E-state index is -0.652. The molecule has 2 N–H and O–H groups in total. The van der Waals surface area contributed by atoms with E-state index >= 15 is 0 Å². The summed E-state index contributed by atoms with van der Waals surface area (Å²) in [4.78, 5) is 35.8. The molecule has 0 aliphatic rings. The maximum Gasteiger partial charge on any atom is 0.316 e. The van der Waals surface area contributed by atoms with E-state index < -0.39 is 6.04 Å². The minimum Gasteiger partial charge on any atom is -0.465 e. The van der Waals surface area contributed by atoms with Gasteiger partial charge in [-0.1, -0.05) is 50.8 Å². The number of hydrogen-bond donors (Lipinski definition) is 2. The first-order valence-corrected chi connectivity index (χ1v) is 10.2. The second-order valence-electron chi connectivity index (χ2n) is 6.34. The van der Waals surface area contributed by atoms with E-state index in [2.05, 4.69) is 20.8 Å². The first-order chi connectivity index (χ1) is 12.2. The third kappa shape index (κ3) is 8.13. The molecule has 26 heavy (non-hydrogen) atoms. The average molecular weight is 403 g/mol. The van der Waals surface area contributed by atoms with Crippen molar-refractivity contribution >= 4 is 46.0 Å². The molecule has 1 unspecified atom stereocenters. The molecule has 1 rings (SSSR count). The molecule has 1 aromatic rings. The van der Waals surface area contributed by atoms with Gasteiger partial charge in [0.05, 0.1) is 12.4 Å². The molecule has 0 bridgehead atoms. The third-order valence-electron chi connectivity index (χ3n) is 3.11. The van der Waals surface area contributed by atoms with Gasteiger partial charge in [0.2, 0.25) is 16.9 Å². The number of hydrogen-bond acceptors (Lipinski definition) is 8. The molecule has 0 saturated heterocycles. The standard InChI is InChI=1S/C16H26N4O4S2/c1-6-24-12(22)8-25-16-20-19-15(26-16)18-14(23)13(10(4)5)17-11(21)7-9(2)3/h9-10,13H,6-8H2,1-5H3,(H,17,21)(H,18,19,23). The molecule has 0 radical (unpaired) electrons. The van der Waals surface area contributed by atoms with Crippen LogP contribution in [0, 0.1) is 11.8 Å². The Balaban J connectivity index is 2.61. The molecule has 1 aromatic heterocycles. The van der Waals surface area contributed by atoms with E-state index in [1.165, 1.54) is 23.1 Å². The van der Waals surface area contributed by atoms with Crippen LogP contribution in [-0.2, 0) is 19.1 Å². The van der Waals surface area contributed by atoms with Crippen LogP contribution in [0.3, 0.4) is 0 Å². The summed E-state index contributed by atoms with van der Waals surface area (Å²) in [6, 6.07) is -0.652. The fourth-order valence-electron chi connectivity index (χ4n) is 1.96. The van der Waals surface area contributed by atoms with Crippen LogP contribution in [0.25, 0.3) is 0 Å². The molecule has 0 aromatic carbocycles. The van der Waals surface area contributed by atoms with Crippen LogP contribution >= 0.6 is 23.1 Å². The summed E-state index contributed by atoms with van der Waals surface area (Å²) in [6.45, 7) is 9.69. The Bertz CT molecular complexity index is 619. The fourth-order valence-corrected chi connectivity index (χ4v) is 3.52. The van der Waals surface area contributed by atoms with Gasteiger partial charge in [0, 0.05) is 6.42 Å². The highest BCUT2D eigenvalue weighted by Crippen LogP contribution is 2.25. The molecule has 1 atom stereocenters. The highest BCUT2D eigenvalue weighted by atomic mass is 32.2. The molecule has 146 valence electrons. The third-order valence-corrected chi connectivity index (χ3v) is 5.06. The lowest BCUT2D eigenvalue weighted by Crippen LogP contribution is -2.47. The van der Waals surface area contributed by atoms with E-state index in [0.29, 0.717) is 22.5 Å². The Labute approximate surface area is 161 Å². The van der Waals surface area contributed by atoms with E-state index in [0.717, 1.165) is 0 Å². The maximum atomic E-state index is 12.5. The number of aromatic nitrogens is 2. The molecule has 0 spiro atoms. The molecule has 0 fully saturated rings. The number of anilines is 1. The molecule has 0 saturated carbocycles. The fraction of sp³-hybridized carbons (Fsp3) is 0.688. The smallest absolute Gasteiger partial charge is 0.316 e. The zero-order valence-electron chi connectivity index (χ0n) is 15.7. The lowest BCUT2D eigenvalue weighted by Gasteiger charge is -2.21. The summed E-state index contributed by atoms with van der Waals surface area (Å²) < 4.78 is 5.40. The Hall–Kier alpha value is -1.68. The summed E-state index contributed by atoms with van der Waals surface area (Å²) in [5, 5.41) is 13.6. The predicted molar refractivity (Wildman–Crippen MR) is 102 cm³/mol. The van der Waals surface area contributed by atoms with Crippen LogP contribution in [0.1, 0.15) is 41.0 Å². The van der Waals surface area contributed by atoms with Crippen molar-refractivity contribution < 1.29 is 19.1 Å². The monoisotopic (exact) mass is 402 g/mol. The minimum absolute atomic E-state index is 0.0725. The highest BCUT2D eigenvalue weighted by molar-refractivity contribution is 8.01. The van der Waals surface area contributed by atoms with E-state index in [4.69, 9.17) is 4.74 Å². The van der Waals surface area contributed by atoms with Crippen molar-refractivity contribution in [3.63, 3.8) is 0 Å². The van der Waals surface area contributed by atoms with Gasteiger partial charge in [0.1, 0.15) is 6.04 Å². The van der Waals surface area contributed by atoms with Crippen LogP contribution in [0.15, 0.2) is 4.34 Å². The molecule has 2 amide bonds. The van der Waals surface area contributed by atoms with E-state index in [1.54, 1.807) is 6.92 Å². The van der Waals surface area contributed by atoms with Crippen LogP contribution < -0.4 is 10.6 Å². The maximum absolute atomic E-state index is 12.5. The van der Waals surface area contributed by atoms with Gasteiger partial charge in [0.25, 0.3) is 0 Å². The Morgan fingerprint density at radius 2 is 1.88 bits per heavy atom. The molecule has 8 nitrogen and oxygen atoms in total. The van der Waals surface area contributed by atoms with Crippen LogP contribution in [0.4, 0.5) is 5.13 Å². The van der Waals surface area contributed by atoms with E-state index in [1.807, 2.05) is 27.7 Å². The first kappa shape index (κ1) is 22.4. The number of esters is 1. The van der Waals surface area contributed by atoms with Gasteiger partial charge in [-0.3, -0.25) is 19.7 Å². The van der Waals surface area contributed by atoms with Crippen molar-refractivity contribution in [2.24, 2.45) is 11.8 Å². The zero-order chi connectivity index (χ0) is 19.7. The number of thioether (sulfide) groups is 1. The van der Waals surface area contributed by atoms with Gasteiger partial charge >= 0.3 is 5.97 Å². The largest absolute Gasteiger partial charge is 0.465 e. The summed E-state index contributed by atoms with van der Waals surface area (Å²) >= 11 is 2.37. The Kier molecular flexibility index (Phi) is 9.57. The van der Waals surface area contributed by atoms with Crippen molar-refractivity contribution in [3.05, 3.63) is 0 Å². The van der Waals surface area contributed by atoms with Crippen molar-refractivity contribution in [3.8, 4) is 0 Å². The zero-order valence-corrected chi connectivity index (χ0v) is 17.3. The second kappa shape index (κ2) is 11.1. The lowest BCUT2D eigenvalue weighted by atomic mass is 10.0. The number of nitrogens with one attached hydrogen (secondary N) is 2. The Morgan fingerprint density at radius 1 is 1.19 bits per heavy atom. The first-order valence-electron chi connectivity index (χ1n) is 8.45. The summed E-state index contributed by atoms with van der Waals surface area (Å²) in [5.74, 6) is -0.543. The van der Waals surface area contributed by atoms with E-state index in [9.17, 15) is 14.4 Å². The van der Waals surface area contributed by atoms with E-state index in [-0.39, 0.29) is 35.4 Å². The number of ether oxygens (including phenoxy) is 1. The number of rotatable bonds is 10. The number of carbonyl (C=O) groups is 3. The summed E-state index contributed by atoms with van der Waals surface area (Å²) in [7, 11) is 0. The van der Waals surface area contributed by atoms with Crippen LogP contribution in [0.5, 0.6) is 0 Å². The SMILES string of the molecule is CCOC(=O)CSc1nnc(NC(=O)C(NC(=O)CC(C)C)C(C)C)s1. The molecule has 1 heterocycles.